The molecule has 0 saturated carbocycles. The Labute approximate surface area is 131 Å². The number of aromatic nitrogens is 2. The lowest BCUT2D eigenvalue weighted by Gasteiger charge is -2.27. The van der Waals surface area contributed by atoms with Crippen LogP contribution in [-0.2, 0) is 6.42 Å². The maximum atomic E-state index is 14.2. The predicted octanol–water partition coefficient (Wildman–Crippen LogP) is 4.07. The van der Waals surface area contributed by atoms with Crippen LogP contribution in [0.3, 0.4) is 0 Å². The first-order valence-electron chi connectivity index (χ1n) is 7.94. The van der Waals surface area contributed by atoms with Gasteiger partial charge in [-0.2, -0.15) is 0 Å². The summed E-state index contributed by atoms with van der Waals surface area (Å²) in [7, 11) is 0. The lowest BCUT2D eigenvalue weighted by Crippen LogP contribution is -2.25. The van der Waals surface area contributed by atoms with Crippen LogP contribution in [0, 0.1) is 18.7 Å². The fraction of sp³-hybridized carbons (Fsp3) is 0.444. The number of hydrogen-bond acceptors (Lipinski definition) is 3. The van der Waals surface area contributed by atoms with Crippen molar-refractivity contribution >= 4 is 5.82 Å². The van der Waals surface area contributed by atoms with Gasteiger partial charge in [-0.3, -0.25) is 0 Å². The quantitative estimate of drug-likeness (QED) is 0.855. The zero-order valence-electron chi connectivity index (χ0n) is 13.4. The molecule has 116 valence electrons. The molecule has 1 aromatic heterocycles. The van der Waals surface area contributed by atoms with E-state index in [1.807, 2.05) is 25.1 Å². The minimum absolute atomic E-state index is 0.0511. The van der Waals surface area contributed by atoms with Gasteiger partial charge in [-0.15, -0.1) is 0 Å². The van der Waals surface area contributed by atoms with Gasteiger partial charge in [0.15, 0.2) is 0 Å². The van der Waals surface area contributed by atoms with E-state index in [1.54, 1.807) is 12.1 Å². The summed E-state index contributed by atoms with van der Waals surface area (Å²) in [6.45, 7) is 7.12. The van der Waals surface area contributed by atoms with Crippen LogP contribution in [0.5, 0.6) is 0 Å². The van der Waals surface area contributed by atoms with Crippen LogP contribution in [0.15, 0.2) is 30.3 Å². The molecule has 0 radical (unpaired) electrons. The van der Waals surface area contributed by atoms with E-state index in [1.165, 1.54) is 0 Å². The molecule has 1 saturated heterocycles. The fourth-order valence-electron chi connectivity index (χ4n) is 3.28. The van der Waals surface area contributed by atoms with Crippen molar-refractivity contribution in [2.24, 2.45) is 5.92 Å². The Morgan fingerprint density at radius 2 is 2.05 bits per heavy atom. The Morgan fingerprint density at radius 3 is 2.77 bits per heavy atom. The molecule has 2 unspecified atom stereocenters. The van der Waals surface area contributed by atoms with Crippen LogP contribution in [0.25, 0.3) is 0 Å². The molecule has 2 heterocycles. The van der Waals surface area contributed by atoms with E-state index in [-0.39, 0.29) is 11.9 Å². The molecule has 1 fully saturated rings. The summed E-state index contributed by atoms with van der Waals surface area (Å²) >= 11 is 0. The molecule has 1 aliphatic heterocycles. The average Bonchev–Trinajstić information content (AvgIpc) is 2.89. The first-order valence-corrected chi connectivity index (χ1v) is 7.94. The number of aryl methyl sites for hydroxylation is 2. The fourth-order valence-corrected chi connectivity index (χ4v) is 3.28. The zero-order valence-corrected chi connectivity index (χ0v) is 13.4. The van der Waals surface area contributed by atoms with Crippen molar-refractivity contribution in [3.8, 4) is 0 Å². The largest absolute Gasteiger partial charge is 0.349 e. The van der Waals surface area contributed by atoms with Crippen LogP contribution in [-0.4, -0.2) is 16.5 Å². The van der Waals surface area contributed by atoms with E-state index in [0.29, 0.717) is 5.92 Å². The summed E-state index contributed by atoms with van der Waals surface area (Å²) in [6.07, 6.45) is 1.83. The lowest BCUT2D eigenvalue weighted by atomic mass is 10.0. The molecule has 0 N–H and O–H groups in total. The number of halogens is 1. The highest BCUT2D eigenvalue weighted by Crippen LogP contribution is 2.39. The summed E-state index contributed by atoms with van der Waals surface area (Å²) in [5.74, 6) is 2.08. The first-order chi connectivity index (χ1) is 10.6. The predicted molar refractivity (Wildman–Crippen MR) is 86.4 cm³/mol. The molecule has 3 nitrogen and oxygen atoms in total. The van der Waals surface area contributed by atoms with E-state index in [2.05, 4.69) is 28.7 Å². The second-order valence-electron chi connectivity index (χ2n) is 6.15. The molecule has 3 rings (SSSR count). The van der Waals surface area contributed by atoms with Crippen LogP contribution in [0.2, 0.25) is 0 Å². The Hall–Kier alpha value is -1.97. The van der Waals surface area contributed by atoms with Gasteiger partial charge in [0, 0.05) is 23.9 Å². The van der Waals surface area contributed by atoms with Crippen molar-refractivity contribution in [3.63, 3.8) is 0 Å². The summed E-state index contributed by atoms with van der Waals surface area (Å²) in [6, 6.07) is 9.17. The monoisotopic (exact) mass is 299 g/mol. The summed E-state index contributed by atoms with van der Waals surface area (Å²) in [5.41, 5.74) is 1.80. The van der Waals surface area contributed by atoms with Crippen molar-refractivity contribution < 1.29 is 4.39 Å². The smallest absolute Gasteiger partial charge is 0.133 e. The molecule has 1 aliphatic rings. The van der Waals surface area contributed by atoms with Crippen LogP contribution >= 0.6 is 0 Å². The summed E-state index contributed by atoms with van der Waals surface area (Å²) in [4.78, 5) is 11.3. The van der Waals surface area contributed by atoms with E-state index in [4.69, 9.17) is 0 Å². The molecular formula is C18H22FN3. The molecule has 2 aromatic rings. The Morgan fingerprint density at radius 1 is 1.27 bits per heavy atom. The highest BCUT2D eigenvalue weighted by atomic mass is 19.1. The molecule has 0 aliphatic carbocycles. The second kappa shape index (κ2) is 6.03. The van der Waals surface area contributed by atoms with Gasteiger partial charge in [0.1, 0.15) is 17.5 Å². The van der Waals surface area contributed by atoms with Gasteiger partial charge in [0.25, 0.3) is 0 Å². The topological polar surface area (TPSA) is 29.0 Å². The van der Waals surface area contributed by atoms with Crippen molar-refractivity contribution in [2.45, 2.75) is 39.7 Å². The van der Waals surface area contributed by atoms with Crippen LogP contribution in [0.1, 0.15) is 43.4 Å². The third-order valence-electron chi connectivity index (χ3n) is 4.31. The van der Waals surface area contributed by atoms with E-state index in [0.717, 1.165) is 42.3 Å². The highest BCUT2D eigenvalue weighted by molar-refractivity contribution is 5.45. The molecular weight excluding hydrogens is 277 g/mol. The number of anilines is 1. The third kappa shape index (κ3) is 2.82. The van der Waals surface area contributed by atoms with Gasteiger partial charge in [-0.1, -0.05) is 32.0 Å². The molecule has 1 aromatic carbocycles. The number of hydrogen-bond donors (Lipinski definition) is 0. The third-order valence-corrected chi connectivity index (χ3v) is 4.31. The standard InChI is InChI=1S/C18H22FN3/c1-4-14-10-18(21-13(3)20-14)22-11-12(2)9-17(22)15-7-5-6-8-16(15)19/h5-8,10,12,17H,4,9,11H2,1-3H3. The van der Waals surface area contributed by atoms with Crippen molar-refractivity contribution in [1.82, 2.24) is 9.97 Å². The maximum absolute atomic E-state index is 14.2. The van der Waals surface area contributed by atoms with Crippen LogP contribution in [0.4, 0.5) is 10.2 Å². The van der Waals surface area contributed by atoms with E-state index >= 15 is 0 Å². The van der Waals surface area contributed by atoms with E-state index < -0.39 is 0 Å². The zero-order chi connectivity index (χ0) is 15.7. The normalized spacial score (nSPS) is 21.4. The lowest BCUT2D eigenvalue weighted by molar-refractivity contribution is 0.563. The van der Waals surface area contributed by atoms with Crippen LogP contribution < -0.4 is 4.90 Å². The maximum Gasteiger partial charge on any atom is 0.133 e. The summed E-state index contributed by atoms with van der Waals surface area (Å²) in [5, 5.41) is 0. The van der Waals surface area contributed by atoms with Gasteiger partial charge >= 0.3 is 0 Å². The minimum atomic E-state index is -0.131. The second-order valence-corrected chi connectivity index (χ2v) is 6.15. The highest BCUT2D eigenvalue weighted by Gasteiger charge is 2.33. The Kier molecular flexibility index (Phi) is 4.10. The summed E-state index contributed by atoms with van der Waals surface area (Å²) < 4.78 is 14.2. The molecule has 0 amide bonds. The van der Waals surface area contributed by atoms with E-state index in [9.17, 15) is 4.39 Å². The SMILES string of the molecule is CCc1cc(N2CC(C)CC2c2ccccc2F)nc(C)n1. The van der Waals surface area contributed by atoms with Gasteiger partial charge in [0.2, 0.25) is 0 Å². The molecule has 0 bridgehead atoms. The number of rotatable bonds is 3. The van der Waals surface area contributed by atoms with Crippen molar-refractivity contribution in [1.29, 1.82) is 0 Å². The molecule has 2 atom stereocenters. The van der Waals surface area contributed by atoms with Crippen molar-refractivity contribution in [3.05, 3.63) is 53.2 Å². The average molecular weight is 299 g/mol. The molecule has 22 heavy (non-hydrogen) atoms. The van der Waals surface area contributed by atoms with Gasteiger partial charge < -0.3 is 4.90 Å². The van der Waals surface area contributed by atoms with Crippen molar-refractivity contribution in [2.75, 3.05) is 11.4 Å². The van der Waals surface area contributed by atoms with Gasteiger partial charge in [0.05, 0.1) is 6.04 Å². The molecule has 0 spiro atoms. The van der Waals surface area contributed by atoms with Gasteiger partial charge in [-0.25, -0.2) is 14.4 Å². The Balaban J connectivity index is 2.01. The number of benzene rings is 1. The molecule has 4 heteroatoms. The number of nitrogens with zero attached hydrogens (tertiary/aromatic N) is 3. The first kappa shape index (κ1) is 14.9. The Bertz CT molecular complexity index is 671. The minimum Gasteiger partial charge on any atom is -0.349 e. The van der Waals surface area contributed by atoms with Gasteiger partial charge in [-0.05, 0) is 31.7 Å².